The highest BCUT2D eigenvalue weighted by Gasteiger charge is 2.36. The number of aromatic nitrogens is 1. The van der Waals surface area contributed by atoms with E-state index in [0.29, 0.717) is 0 Å². The molecule has 1 aromatic heterocycles. The maximum absolute atomic E-state index is 2.59. The van der Waals surface area contributed by atoms with E-state index < -0.39 is 0 Å². The number of allylic oxidation sites excluding steroid dienone is 4. The van der Waals surface area contributed by atoms with Crippen LogP contribution in [0.25, 0.3) is 66.3 Å². The number of anilines is 3. The Hall–Kier alpha value is -6.38. The van der Waals surface area contributed by atoms with Crippen LogP contribution in [0, 0.1) is 0 Å². The van der Waals surface area contributed by atoms with Crippen LogP contribution in [0.4, 0.5) is 17.1 Å². The Labute approximate surface area is 310 Å². The predicted octanol–water partition coefficient (Wildman–Crippen LogP) is 13.9. The molecule has 1 atom stereocenters. The Balaban J connectivity index is 1.13. The fourth-order valence-electron chi connectivity index (χ4n) is 9.47. The average Bonchev–Trinajstić information content (AvgIpc) is 3.64. The Bertz CT molecular complexity index is 2830. The number of fused-ring (bicyclic) bond motifs is 11. The van der Waals surface area contributed by atoms with Gasteiger partial charge in [-0.2, -0.15) is 0 Å². The summed E-state index contributed by atoms with van der Waals surface area (Å²) in [6, 6.07) is 56.7. The summed E-state index contributed by atoms with van der Waals surface area (Å²) >= 11 is 0. The SMILES string of the molecule is CC1(C)c2ccccc2-c2ccc(N(c3ccc(-c4ccccc4)cc3)c3ccc4c5c6c(ccc5n(C5C=CC=CC5)c4c3)-c3ccccc3-6)cc21. The zero-order valence-corrected chi connectivity index (χ0v) is 29.9. The Morgan fingerprint density at radius 1 is 0.528 bits per heavy atom. The summed E-state index contributed by atoms with van der Waals surface area (Å²) in [5, 5.41) is 2.67. The van der Waals surface area contributed by atoms with Gasteiger partial charge < -0.3 is 9.47 Å². The van der Waals surface area contributed by atoms with E-state index in [1.807, 2.05) is 0 Å². The molecule has 0 N–H and O–H groups in total. The van der Waals surface area contributed by atoms with Crippen LogP contribution in [-0.4, -0.2) is 4.57 Å². The molecule has 53 heavy (non-hydrogen) atoms. The molecule has 0 spiro atoms. The van der Waals surface area contributed by atoms with Crippen LogP contribution in [0.15, 0.2) is 176 Å². The maximum Gasteiger partial charge on any atom is 0.0560 e. The van der Waals surface area contributed by atoms with Crippen molar-refractivity contribution in [3.05, 3.63) is 187 Å². The van der Waals surface area contributed by atoms with E-state index in [4.69, 9.17) is 0 Å². The van der Waals surface area contributed by atoms with Crippen molar-refractivity contribution in [2.24, 2.45) is 0 Å². The molecule has 0 saturated carbocycles. The second-order valence-electron chi connectivity index (χ2n) is 15.3. The van der Waals surface area contributed by atoms with Gasteiger partial charge >= 0.3 is 0 Å². The number of benzene rings is 7. The fraction of sp³-hybridized carbons (Fsp3) is 0.0980. The summed E-state index contributed by atoms with van der Waals surface area (Å²) in [7, 11) is 0. The fourth-order valence-corrected chi connectivity index (χ4v) is 9.47. The third-order valence-corrected chi connectivity index (χ3v) is 12.0. The molecule has 2 nitrogen and oxygen atoms in total. The van der Waals surface area contributed by atoms with E-state index in [1.165, 1.54) is 77.4 Å². The lowest BCUT2D eigenvalue weighted by molar-refractivity contribution is 0.648. The first-order valence-electron chi connectivity index (χ1n) is 18.8. The van der Waals surface area contributed by atoms with Crippen molar-refractivity contribution in [1.82, 2.24) is 4.57 Å². The quantitative estimate of drug-likeness (QED) is 0.176. The molecule has 11 rings (SSSR count). The van der Waals surface area contributed by atoms with Gasteiger partial charge in [0.25, 0.3) is 0 Å². The van der Waals surface area contributed by atoms with E-state index in [2.05, 4.69) is 199 Å². The Morgan fingerprint density at radius 2 is 1.19 bits per heavy atom. The van der Waals surface area contributed by atoms with Crippen LogP contribution >= 0.6 is 0 Å². The summed E-state index contributed by atoms with van der Waals surface area (Å²) in [6.45, 7) is 4.73. The normalized spacial score (nSPS) is 15.8. The molecule has 0 amide bonds. The molecular weight excluding hydrogens is 641 g/mol. The Kier molecular flexibility index (Phi) is 6.46. The van der Waals surface area contributed by atoms with Crippen molar-refractivity contribution in [3.8, 4) is 44.5 Å². The van der Waals surface area contributed by atoms with Gasteiger partial charge in [-0.1, -0.05) is 147 Å². The van der Waals surface area contributed by atoms with E-state index in [1.54, 1.807) is 0 Å². The van der Waals surface area contributed by atoms with Crippen LogP contribution in [0.1, 0.15) is 37.4 Å². The van der Waals surface area contributed by atoms with E-state index >= 15 is 0 Å². The van der Waals surface area contributed by atoms with Crippen LogP contribution in [-0.2, 0) is 5.41 Å². The third kappa shape index (κ3) is 4.39. The van der Waals surface area contributed by atoms with Crippen molar-refractivity contribution in [2.45, 2.75) is 31.7 Å². The average molecular weight is 679 g/mol. The minimum Gasteiger partial charge on any atom is -0.333 e. The lowest BCUT2D eigenvalue weighted by atomic mass is 9.78. The smallest absolute Gasteiger partial charge is 0.0560 e. The summed E-state index contributed by atoms with van der Waals surface area (Å²) in [5.41, 5.74) is 19.3. The van der Waals surface area contributed by atoms with Gasteiger partial charge in [-0.25, -0.2) is 0 Å². The van der Waals surface area contributed by atoms with Gasteiger partial charge in [-0.3, -0.25) is 0 Å². The van der Waals surface area contributed by atoms with E-state index in [-0.39, 0.29) is 11.5 Å². The predicted molar refractivity (Wildman–Crippen MR) is 223 cm³/mol. The number of hydrogen-bond donors (Lipinski definition) is 0. The topological polar surface area (TPSA) is 8.17 Å². The molecule has 3 aliphatic rings. The maximum atomic E-state index is 2.59. The van der Waals surface area contributed by atoms with Gasteiger partial charge in [0.15, 0.2) is 0 Å². The number of nitrogens with zero attached hydrogens (tertiary/aromatic N) is 2. The first-order valence-corrected chi connectivity index (χ1v) is 18.8. The van der Waals surface area contributed by atoms with Crippen molar-refractivity contribution < 1.29 is 0 Å². The minimum absolute atomic E-state index is 0.0971. The second-order valence-corrected chi connectivity index (χ2v) is 15.3. The molecule has 8 aromatic rings. The van der Waals surface area contributed by atoms with Gasteiger partial charge in [-0.05, 0) is 99.0 Å². The van der Waals surface area contributed by atoms with E-state index in [9.17, 15) is 0 Å². The largest absolute Gasteiger partial charge is 0.333 e. The number of hydrogen-bond acceptors (Lipinski definition) is 1. The zero-order chi connectivity index (χ0) is 35.3. The lowest BCUT2D eigenvalue weighted by Gasteiger charge is -2.28. The zero-order valence-electron chi connectivity index (χ0n) is 29.9. The summed E-state index contributed by atoms with van der Waals surface area (Å²) < 4.78 is 2.59. The lowest BCUT2D eigenvalue weighted by Crippen LogP contribution is -2.16. The second kappa shape index (κ2) is 11.3. The molecule has 1 heterocycles. The van der Waals surface area contributed by atoms with E-state index in [0.717, 1.165) is 23.5 Å². The first-order chi connectivity index (χ1) is 26.1. The van der Waals surface area contributed by atoms with Crippen molar-refractivity contribution in [1.29, 1.82) is 0 Å². The van der Waals surface area contributed by atoms with Gasteiger partial charge in [0.2, 0.25) is 0 Å². The van der Waals surface area contributed by atoms with Crippen LogP contribution < -0.4 is 4.90 Å². The van der Waals surface area contributed by atoms with Crippen LogP contribution in [0.3, 0.4) is 0 Å². The monoisotopic (exact) mass is 678 g/mol. The van der Waals surface area contributed by atoms with Crippen molar-refractivity contribution >= 4 is 38.9 Å². The molecule has 2 heteroatoms. The summed E-state index contributed by atoms with van der Waals surface area (Å²) in [4.78, 5) is 2.46. The standard InChI is InChI=1S/C51H38N2/c1-51(2)45-20-12-11-18-40(45)41-27-25-37(31-46(41)51)52(36-23-21-34(22-24-36)33-13-5-3-6-14-33)38-26-28-44-48(32-38)53(35-15-7-4-8-16-35)47-30-29-43-39-17-9-10-19-42(39)49(43)50(44)47/h3-15,17-32,35H,16H2,1-2H3. The molecule has 7 aromatic carbocycles. The molecule has 0 radical (unpaired) electrons. The molecule has 252 valence electrons. The molecule has 3 aliphatic carbocycles. The summed E-state index contributed by atoms with van der Waals surface area (Å²) in [6.07, 6.45) is 10.0. The highest BCUT2D eigenvalue weighted by atomic mass is 15.1. The van der Waals surface area contributed by atoms with Crippen LogP contribution in [0.2, 0.25) is 0 Å². The van der Waals surface area contributed by atoms with Gasteiger partial charge in [0.1, 0.15) is 0 Å². The van der Waals surface area contributed by atoms with Gasteiger partial charge in [0.05, 0.1) is 17.1 Å². The minimum atomic E-state index is -0.0971. The highest BCUT2D eigenvalue weighted by molar-refractivity contribution is 6.23. The van der Waals surface area contributed by atoms with Crippen LogP contribution in [0.5, 0.6) is 0 Å². The third-order valence-electron chi connectivity index (χ3n) is 12.0. The van der Waals surface area contributed by atoms with Gasteiger partial charge in [0, 0.05) is 38.8 Å². The van der Waals surface area contributed by atoms with Gasteiger partial charge in [-0.15, -0.1) is 0 Å². The van der Waals surface area contributed by atoms with Crippen molar-refractivity contribution in [3.63, 3.8) is 0 Å². The molecule has 0 bridgehead atoms. The molecule has 0 fully saturated rings. The van der Waals surface area contributed by atoms with Crippen molar-refractivity contribution in [2.75, 3.05) is 4.90 Å². The highest BCUT2D eigenvalue weighted by Crippen LogP contribution is 2.54. The number of rotatable bonds is 5. The molecule has 0 aliphatic heterocycles. The molecule has 1 unspecified atom stereocenters. The summed E-state index contributed by atoms with van der Waals surface area (Å²) in [5.74, 6) is 0. The molecule has 0 saturated heterocycles. The first kappa shape index (κ1) is 30.3. The molecular formula is C51H38N2. The Morgan fingerprint density at radius 3 is 2.00 bits per heavy atom.